The highest BCUT2D eigenvalue weighted by Gasteiger charge is 2.47. The summed E-state index contributed by atoms with van der Waals surface area (Å²) in [6, 6.07) is 7.51. The molecule has 1 aliphatic heterocycles. The third kappa shape index (κ3) is 4.94. The molecular formula is C19H23F3N4O3. The van der Waals surface area contributed by atoms with Crippen LogP contribution in [0.25, 0.3) is 5.65 Å². The van der Waals surface area contributed by atoms with E-state index in [0.29, 0.717) is 5.54 Å². The number of nitrogens with one attached hydrogen (secondary N) is 1. The Hall–Kier alpha value is -2.46. The van der Waals surface area contributed by atoms with Crippen LogP contribution in [-0.2, 0) is 11.3 Å². The minimum absolute atomic E-state index is 0.0240. The Bertz CT molecular complexity index is 954. The number of hydrogen-bond donors (Lipinski definition) is 2. The molecule has 0 bridgehead atoms. The lowest BCUT2D eigenvalue weighted by atomic mass is 10.1. The number of alkyl halides is 3. The average molecular weight is 412 g/mol. The number of aryl methyl sites for hydroxylation is 1. The lowest BCUT2D eigenvalue weighted by Gasteiger charge is -2.29. The van der Waals surface area contributed by atoms with E-state index in [0.717, 1.165) is 43.2 Å². The van der Waals surface area contributed by atoms with E-state index in [1.807, 2.05) is 25.1 Å². The van der Waals surface area contributed by atoms with Gasteiger partial charge in [-0.15, -0.1) is 0 Å². The van der Waals surface area contributed by atoms with E-state index >= 15 is 0 Å². The van der Waals surface area contributed by atoms with E-state index in [1.165, 1.54) is 19.3 Å². The Kier molecular flexibility index (Phi) is 5.95. The molecule has 0 amide bonds. The molecule has 1 spiro atoms. The molecular weight excluding hydrogens is 389 g/mol. The van der Waals surface area contributed by atoms with Crippen LogP contribution in [-0.4, -0.2) is 56.7 Å². The van der Waals surface area contributed by atoms with Crippen LogP contribution in [0.3, 0.4) is 0 Å². The summed E-state index contributed by atoms with van der Waals surface area (Å²) in [5, 5.41) is 10.6. The number of hydrogen-bond acceptors (Lipinski definition) is 5. The number of pyridine rings is 1. The highest BCUT2D eigenvalue weighted by molar-refractivity contribution is 5.73. The molecule has 7 nitrogen and oxygen atoms in total. The SMILES string of the molecule is Cc1cccc2nc(CN3CCNCCC34CC4)cc(=O)n12.O=C(O)C(F)(F)F. The quantitative estimate of drug-likeness (QED) is 0.784. The van der Waals surface area contributed by atoms with Gasteiger partial charge in [-0.2, -0.15) is 13.2 Å². The van der Waals surface area contributed by atoms with Crippen molar-refractivity contribution in [1.82, 2.24) is 19.6 Å². The molecule has 0 unspecified atom stereocenters. The first-order valence-electron chi connectivity index (χ1n) is 9.37. The largest absolute Gasteiger partial charge is 0.490 e. The van der Waals surface area contributed by atoms with Gasteiger partial charge in [0.25, 0.3) is 5.56 Å². The topological polar surface area (TPSA) is 86.9 Å². The van der Waals surface area contributed by atoms with Gasteiger partial charge in [-0.1, -0.05) is 6.07 Å². The van der Waals surface area contributed by atoms with E-state index in [9.17, 15) is 18.0 Å². The highest BCUT2D eigenvalue weighted by atomic mass is 19.4. The van der Waals surface area contributed by atoms with Gasteiger partial charge >= 0.3 is 12.1 Å². The molecule has 0 radical (unpaired) electrons. The Balaban J connectivity index is 0.000000298. The Morgan fingerprint density at radius 3 is 2.59 bits per heavy atom. The Morgan fingerprint density at radius 1 is 1.28 bits per heavy atom. The second kappa shape index (κ2) is 8.11. The lowest BCUT2D eigenvalue weighted by molar-refractivity contribution is -0.192. The summed E-state index contributed by atoms with van der Waals surface area (Å²) in [6.45, 7) is 5.88. The van der Waals surface area contributed by atoms with Gasteiger partial charge in [-0.3, -0.25) is 14.1 Å². The normalized spacial score (nSPS) is 18.8. The summed E-state index contributed by atoms with van der Waals surface area (Å²) in [7, 11) is 0. The highest BCUT2D eigenvalue weighted by Crippen LogP contribution is 2.45. The molecule has 0 aromatic carbocycles. The molecule has 3 heterocycles. The molecule has 10 heteroatoms. The predicted molar refractivity (Wildman–Crippen MR) is 99.8 cm³/mol. The van der Waals surface area contributed by atoms with Crippen LogP contribution >= 0.6 is 0 Å². The molecule has 158 valence electrons. The molecule has 4 rings (SSSR count). The van der Waals surface area contributed by atoms with Crippen LogP contribution in [0.4, 0.5) is 13.2 Å². The van der Waals surface area contributed by atoms with Crippen LogP contribution in [0, 0.1) is 6.92 Å². The van der Waals surface area contributed by atoms with Gasteiger partial charge in [-0.25, -0.2) is 9.78 Å². The lowest BCUT2D eigenvalue weighted by Crippen LogP contribution is -2.38. The Morgan fingerprint density at radius 2 is 1.97 bits per heavy atom. The van der Waals surface area contributed by atoms with E-state index in [4.69, 9.17) is 14.9 Å². The molecule has 1 saturated carbocycles. The van der Waals surface area contributed by atoms with Crippen molar-refractivity contribution in [3.8, 4) is 0 Å². The molecule has 2 aromatic heterocycles. The maximum absolute atomic E-state index is 12.4. The van der Waals surface area contributed by atoms with Crippen molar-refractivity contribution in [1.29, 1.82) is 0 Å². The molecule has 2 fully saturated rings. The van der Waals surface area contributed by atoms with Crippen molar-refractivity contribution in [3.05, 3.63) is 46.0 Å². The third-order valence-electron chi connectivity index (χ3n) is 5.35. The van der Waals surface area contributed by atoms with Crippen LogP contribution in [0.5, 0.6) is 0 Å². The van der Waals surface area contributed by atoms with Crippen LogP contribution in [0.1, 0.15) is 30.7 Å². The summed E-state index contributed by atoms with van der Waals surface area (Å²) in [5.41, 5.74) is 2.96. The number of carboxylic acids is 1. The number of carboxylic acid groups (broad SMARTS) is 1. The van der Waals surface area contributed by atoms with Crippen molar-refractivity contribution in [2.24, 2.45) is 0 Å². The van der Waals surface area contributed by atoms with Crippen LogP contribution in [0.2, 0.25) is 0 Å². The summed E-state index contributed by atoms with van der Waals surface area (Å²) < 4.78 is 33.4. The first-order valence-corrected chi connectivity index (χ1v) is 9.37. The van der Waals surface area contributed by atoms with E-state index < -0.39 is 12.1 Å². The van der Waals surface area contributed by atoms with E-state index in [-0.39, 0.29) is 5.56 Å². The van der Waals surface area contributed by atoms with Gasteiger partial charge in [0.2, 0.25) is 0 Å². The number of rotatable bonds is 2. The van der Waals surface area contributed by atoms with Crippen molar-refractivity contribution in [2.75, 3.05) is 19.6 Å². The molecule has 2 N–H and O–H groups in total. The first-order chi connectivity index (χ1) is 13.6. The number of nitrogens with zero attached hydrogens (tertiary/aromatic N) is 3. The van der Waals surface area contributed by atoms with Gasteiger partial charge in [0.15, 0.2) is 0 Å². The van der Waals surface area contributed by atoms with Crippen molar-refractivity contribution < 1.29 is 23.1 Å². The van der Waals surface area contributed by atoms with Gasteiger partial charge in [0, 0.05) is 36.9 Å². The smallest absolute Gasteiger partial charge is 0.475 e. The maximum atomic E-state index is 12.4. The summed E-state index contributed by atoms with van der Waals surface area (Å²) in [6.07, 6.45) is -1.32. The monoisotopic (exact) mass is 412 g/mol. The number of carbonyl (C=O) groups is 1. The minimum atomic E-state index is -5.08. The van der Waals surface area contributed by atoms with Gasteiger partial charge < -0.3 is 10.4 Å². The molecule has 2 aliphatic rings. The zero-order valence-corrected chi connectivity index (χ0v) is 16.0. The van der Waals surface area contributed by atoms with Gasteiger partial charge in [0.05, 0.1) is 5.69 Å². The number of fused-ring (bicyclic) bond motifs is 1. The summed E-state index contributed by atoms with van der Waals surface area (Å²) in [4.78, 5) is 28.5. The zero-order valence-electron chi connectivity index (χ0n) is 16.0. The van der Waals surface area contributed by atoms with Crippen molar-refractivity contribution >= 4 is 11.6 Å². The molecule has 1 saturated heterocycles. The van der Waals surface area contributed by atoms with Crippen LogP contribution < -0.4 is 10.9 Å². The van der Waals surface area contributed by atoms with Crippen LogP contribution in [0.15, 0.2) is 29.1 Å². The van der Waals surface area contributed by atoms with Gasteiger partial charge in [0.1, 0.15) is 5.65 Å². The molecule has 2 aromatic rings. The fraction of sp³-hybridized carbons (Fsp3) is 0.526. The van der Waals surface area contributed by atoms with Crippen molar-refractivity contribution in [2.45, 2.75) is 44.4 Å². The molecule has 29 heavy (non-hydrogen) atoms. The van der Waals surface area contributed by atoms with Crippen molar-refractivity contribution in [3.63, 3.8) is 0 Å². The fourth-order valence-corrected chi connectivity index (χ4v) is 3.65. The minimum Gasteiger partial charge on any atom is -0.475 e. The maximum Gasteiger partial charge on any atom is 0.490 e. The van der Waals surface area contributed by atoms with E-state index in [1.54, 1.807) is 10.5 Å². The molecule has 0 atom stereocenters. The second-order valence-electron chi connectivity index (χ2n) is 7.40. The third-order valence-corrected chi connectivity index (χ3v) is 5.35. The first kappa shape index (κ1) is 21.3. The number of aromatic nitrogens is 2. The second-order valence-corrected chi connectivity index (χ2v) is 7.40. The van der Waals surface area contributed by atoms with E-state index in [2.05, 4.69) is 10.2 Å². The summed E-state index contributed by atoms with van der Waals surface area (Å²) >= 11 is 0. The fourth-order valence-electron chi connectivity index (χ4n) is 3.65. The number of halogens is 3. The standard InChI is InChI=1S/C17H22N4O.C2HF3O2/c1-13-3-2-4-15-19-14(11-16(22)21(13)15)12-20-10-9-18-8-7-17(20)5-6-17;3-2(4,5)1(6)7/h2-4,11,18H,5-10,12H2,1H3;(H,6,7). The summed E-state index contributed by atoms with van der Waals surface area (Å²) in [5.74, 6) is -2.76. The molecule has 1 aliphatic carbocycles. The van der Waals surface area contributed by atoms with Gasteiger partial charge in [-0.05, 0) is 44.9 Å². The average Bonchev–Trinajstić information content (AvgIpc) is 3.43. The number of aliphatic carboxylic acids is 1. The Labute approximate surface area is 165 Å². The zero-order chi connectivity index (χ0) is 21.2. The predicted octanol–water partition coefficient (Wildman–Crippen LogP) is 1.96.